The van der Waals surface area contributed by atoms with E-state index in [0.717, 1.165) is 16.3 Å². The summed E-state index contributed by atoms with van der Waals surface area (Å²) in [5.74, 6) is 0.528. The Morgan fingerprint density at radius 3 is 2.67 bits per heavy atom. The molecule has 5 heteroatoms. The number of halogens is 2. The van der Waals surface area contributed by atoms with Crippen molar-refractivity contribution in [3.63, 3.8) is 0 Å². The molecular formula is C16H19ClFNOS. The van der Waals surface area contributed by atoms with Crippen LogP contribution in [-0.2, 0) is 17.2 Å². The number of thiazole rings is 1. The van der Waals surface area contributed by atoms with Crippen LogP contribution in [0.3, 0.4) is 0 Å². The van der Waals surface area contributed by atoms with Crippen LogP contribution < -0.4 is 0 Å². The van der Waals surface area contributed by atoms with Gasteiger partial charge in [0, 0.05) is 16.5 Å². The highest BCUT2D eigenvalue weighted by Gasteiger charge is 2.11. The molecule has 0 saturated carbocycles. The summed E-state index contributed by atoms with van der Waals surface area (Å²) in [5.41, 5.74) is 2.16. The van der Waals surface area contributed by atoms with Crippen LogP contribution in [0.15, 0.2) is 23.6 Å². The number of alkyl halides is 1. The first kappa shape index (κ1) is 16.4. The van der Waals surface area contributed by atoms with Crippen molar-refractivity contribution < 1.29 is 9.13 Å². The van der Waals surface area contributed by atoms with Gasteiger partial charge in [0.05, 0.1) is 24.3 Å². The highest BCUT2D eigenvalue weighted by molar-refractivity contribution is 7.13. The number of hydrogen-bond acceptors (Lipinski definition) is 3. The summed E-state index contributed by atoms with van der Waals surface area (Å²) < 4.78 is 19.8. The molecule has 0 N–H and O–H groups in total. The van der Waals surface area contributed by atoms with Crippen LogP contribution >= 0.6 is 22.9 Å². The lowest BCUT2D eigenvalue weighted by Gasteiger charge is -2.16. The predicted molar refractivity (Wildman–Crippen MR) is 86.2 cm³/mol. The molecule has 0 radical (unpaired) electrons. The summed E-state index contributed by atoms with van der Waals surface area (Å²) in [7, 11) is 0. The van der Waals surface area contributed by atoms with Crippen molar-refractivity contribution >= 4 is 22.9 Å². The molecule has 21 heavy (non-hydrogen) atoms. The van der Waals surface area contributed by atoms with Gasteiger partial charge in [0.1, 0.15) is 10.8 Å². The third kappa shape index (κ3) is 4.25. The standard InChI is InChI=1S/C16H19ClFNOS/c1-10(2)11(3)20-8-13-5-4-12(6-15(13)18)16-19-14(7-17)9-21-16/h4-6,9-11H,7-8H2,1-3H3. The Labute approximate surface area is 133 Å². The van der Waals surface area contributed by atoms with E-state index < -0.39 is 0 Å². The van der Waals surface area contributed by atoms with Gasteiger partial charge in [0.25, 0.3) is 0 Å². The predicted octanol–water partition coefficient (Wildman–Crippen LogP) is 5.25. The fraction of sp³-hybridized carbons (Fsp3) is 0.438. The van der Waals surface area contributed by atoms with Gasteiger partial charge in [-0.2, -0.15) is 0 Å². The monoisotopic (exact) mass is 327 g/mol. The zero-order chi connectivity index (χ0) is 15.4. The van der Waals surface area contributed by atoms with Crippen molar-refractivity contribution in [2.24, 2.45) is 5.92 Å². The van der Waals surface area contributed by atoms with Crippen molar-refractivity contribution in [1.82, 2.24) is 4.98 Å². The molecule has 1 unspecified atom stereocenters. The average molecular weight is 328 g/mol. The number of nitrogens with zero attached hydrogens (tertiary/aromatic N) is 1. The Morgan fingerprint density at radius 1 is 1.33 bits per heavy atom. The van der Waals surface area contributed by atoms with Gasteiger partial charge in [-0.15, -0.1) is 22.9 Å². The largest absolute Gasteiger partial charge is 0.373 e. The van der Waals surface area contributed by atoms with E-state index in [1.807, 2.05) is 18.4 Å². The summed E-state index contributed by atoms with van der Waals surface area (Å²) in [5, 5.41) is 2.68. The summed E-state index contributed by atoms with van der Waals surface area (Å²) in [6.45, 7) is 6.46. The number of benzene rings is 1. The highest BCUT2D eigenvalue weighted by atomic mass is 35.5. The second kappa shape index (κ2) is 7.34. The molecule has 2 aromatic rings. The number of hydrogen-bond donors (Lipinski definition) is 0. The highest BCUT2D eigenvalue weighted by Crippen LogP contribution is 2.26. The third-order valence-electron chi connectivity index (χ3n) is 3.43. The van der Waals surface area contributed by atoms with E-state index in [-0.39, 0.29) is 18.5 Å². The second-order valence-electron chi connectivity index (χ2n) is 5.34. The molecular weight excluding hydrogens is 309 g/mol. The molecule has 1 heterocycles. The smallest absolute Gasteiger partial charge is 0.129 e. The minimum absolute atomic E-state index is 0.106. The van der Waals surface area contributed by atoms with Crippen LogP contribution in [-0.4, -0.2) is 11.1 Å². The van der Waals surface area contributed by atoms with Gasteiger partial charge in [0.15, 0.2) is 0 Å². The molecule has 0 fully saturated rings. The maximum absolute atomic E-state index is 14.1. The molecule has 0 bridgehead atoms. The Morgan fingerprint density at radius 2 is 2.10 bits per heavy atom. The molecule has 2 nitrogen and oxygen atoms in total. The summed E-state index contributed by atoms with van der Waals surface area (Å²) >= 11 is 7.20. The third-order valence-corrected chi connectivity index (χ3v) is 4.64. The lowest BCUT2D eigenvalue weighted by molar-refractivity contribution is 0.0221. The summed E-state index contributed by atoms with van der Waals surface area (Å²) in [4.78, 5) is 4.36. The molecule has 0 spiro atoms. The number of ether oxygens (including phenoxy) is 1. The quantitative estimate of drug-likeness (QED) is 0.676. The van der Waals surface area contributed by atoms with Crippen molar-refractivity contribution in [2.75, 3.05) is 0 Å². The van der Waals surface area contributed by atoms with E-state index in [9.17, 15) is 4.39 Å². The summed E-state index contributed by atoms with van der Waals surface area (Å²) in [6, 6.07) is 5.15. The van der Waals surface area contributed by atoms with Crippen LogP contribution in [0.2, 0.25) is 0 Å². The molecule has 1 atom stereocenters. The van der Waals surface area contributed by atoms with E-state index in [0.29, 0.717) is 17.4 Å². The first-order chi connectivity index (χ1) is 10.0. The second-order valence-corrected chi connectivity index (χ2v) is 6.47. The van der Waals surface area contributed by atoms with Crippen molar-refractivity contribution in [1.29, 1.82) is 0 Å². The molecule has 0 amide bonds. The molecule has 1 aromatic carbocycles. The van der Waals surface area contributed by atoms with Crippen LogP contribution in [0, 0.1) is 11.7 Å². The Balaban J connectivity index is 2.10. The van der Waals surface area contributed by atoms with Gasteiger partial charge in [-0.3, -0.25) is 0 Å². The lowest BCUT2D eigenvalue weighted by Crippen LogP contribution is -2.15. The zero-order valence-corrected chi connectivity index (χ0v) is 14.0. The molecule has 1 aromatic heterocycles. The van der Waals surface area contributed by atoms with Crippen LogP contribution in [0.5, 0.6) is 0 Å². The Hall–Kier alpha value is -0.970. The average Bonchev–Trinajstić information content (AvgIpc) is 2.94. The minimum atomic E-state index is -0.258. The van der Waals surface area contributed by atoms with E-state index in [1.165, 1.54) is 17.4 Å². The molecule has 0 saturated heterocycles. The fourth-order valence-corrected chi connectivity index (χ4v) is 2.76. The van der Waals surface area contributed by atoms with Gasteiger partial charge in [0.2, 0.25) is 0 Å². The van der Waals surface area contributed by atoms with Gasteiger partial charge in [-0.1, -0.05) is 26.0 Å². The number of rotatable bonds is 6. The van der Waals surface area contributed by atoms with Crippen molar-refractivity contribution in [3.05, 3.63) is 40.7 Å². The van der Waals surface area contributed by atoms with Crippen LogP contribution in [0.1, 0.15) is 32.0 Å². The maximum Gasteiger partial charge on any atom is 0.129 e. The van der Waals surface area contributed by atoms with E-state index >= 15 is 0 Å². The molecule has 114 valence electrons. The molecule has 0 aliphatic heterocycles. The minimum Gasteiger partial charge on any atom is -0.373 e. The normalized spacial score (nSPS) is 12.9. The first-order valence-electron chi connectivity index (χ1n) is 6.92. The summed E-state index contributed by atoms with van der Waals surface area (Å²) in [6.07, 6.45) is 0.106. The first-order valence-corrected chi connectivity index (χ1v) is 8.33. The molecule has 0 aliphatic rings. The lowest BCUT2D eigenvalue weighted by atomic mass is 10.1. The van der Waals surface area contributed by atoms with Crippen molar-refractivity contribution in [2.45, 2.75) is 39.4 Å². The van der Waals surface area contributed by atoms with E-state index in [1.54, 1.807) is 6.07 Å². The van der Waals surface area contributed by atoms with E-state index in [2.05, 4.69) is 18.8 Å². The van der Waals surface area contributed by atoms with Gasteiger partial charge >= 0.3 is 0 Å². The maximum atomic E-state index is 14.1. The van der Waals surface area contributed by atoms with Crippen LogP contribution in [0.4, 0.5) is 4.39 Å². The molecule has 2 rings (SSSR count). The van der Waals surface area contributed by atoms with E-state index in [4.69, 9.17) is 16.3 Å². The Kier molecular flexibility index (Phi) is 5.73. The Bertz CT molecular complexity index is 600. The van der Waals surface area contributed by atoms with Gasteiger partial charge < -0.3 is 4.74 Å². The topological polar surface area (TPSA) is 22.1 Å². The molecule has 0 aliphatic carbocycles. The van der Waals surface area contributed by atoms with Crippen molar-refractivity contribution in [3.8, 4) is 10.6 Å². The number of aromatic nitrogens is 1. The van der Waals surface area contributed by atoms with Gasteiger partial charge in [-0.05, 0) is 18.9 Å². The van der Waals surface area contributed by atoms with Gasteiger partial charge in [-0.25, -0.2) is 9.37 Å². The SMILES string of the molecule is CC(C)C(C)OCc1ccc(-c2nc(CCl)cs2)cc1F. The zero-order valence-electron chi connectivity index (χ0n) is 12.4. The van der Waals surface area contributed by atoms with Crippen LogP contribution in [0.25, 0.3) is 10.6 Å². The fourth-order valence-electron chi connectivity index (χ4n) is 1.71.